The normalized spacial score (nSPS) is 10.4. The highest BCUT2D eigenvalue weighted by Gasteiger charge is 1.94. The van der Waals surface area contributed by atoms with E-state index >= 15 is 0 Å². The minimum absolute atomic E-state index is 0.931. The first-order valence-electron chi connectivity index (χ1n) is 11.5. The first kappa shape index (κ1) is 25.2. The first-order valence-corrected chi connectivity index (χ1v) is 11.5. The van der Waals surface area contributed by atoms with Crippen LogP contribution in [0.25, 0.3) is 0 Å². The Morgan fingerprint density at radius 1 is 0.538 bits per heavy atom. The van der Waals surface area contributed by atoms with Gasteiger partial charge in [-0.15, -0.1) is 0 Å². The molecule has 1 rings (SSSR count). The molecule has 0 bridgehead atoms. The predicted molar refractivity (Wildman–Crippen MR) is 118 cm³/mol. The minimum atomic E-state index is 0.931. The highest BCUT2D eigenvalue weighted by Crippen LogP contribution is 2.06. The Hall–Kier alpha value is -0.820. The van der Waals surface area contributed by atoms with Gasteiger partial charge in [0.15, 0.2) is 0 Å². The van der Waals surface area contributed by atoms with Crippen LogP contribution in [-0.2, 0) is 11.2 Å². The van der Waals surface area contributed by atoms with Crippen molar-refractivity contribution < 1.29 is 4.74 Å². The Morgan fingerprint density at radius 2 is 1.00 bits per heavy atom. The van der Waals surface area contributed by atoms with E-state index in [0.29, 0.717) is 0 Å². The zero-order valence-corrected chi connectivity index (χ0v) is 18.1. The molecule has 1 aromatic carbocycles. The molecule has 0 fully saturated rings. The third kappa shape index (κ3) is 19.5. The number of hydrogen-bond acceptors (Lipinski definition) is 1. The summed E-state index contributed by atoms with van der Waals surface area (Å²) >= 11 is 0. The molecule has 0 aliphatic rings. The number of unbranched alkanes of at least 4 members (excludes halogenated alkanes) is 10. The van der Waals surface area contributed by atoms with Crippen LogP contribution in [0, 0.1) is 0 Å². The molecule has 0 aliphatic carbocycles. The van der Waals surface area contributed by atoms with Gasteiger partial charge in [-0.3, -0.25) is 0 Å². The number of benzene rings is 1. The molecule has 0 aromatic heterocycles. The largest absolute Gasteiger partial charge is 0.381 e. The molecule has 0 spiro atoms. The second kappa shape index (κ2) is 22.2. The van der Waals surface area contributed by atoms with Crippen molar-refractivity contribution >= 4 is 0 Å². The molecule has 0 saturated heterocycles. The minimum Gasteiger partial charge on any atom is -0.381 e. The summed E-state index contributed by atoms with van der Waals surface area (Å²) in [4.78, 5) is 0. The van der Waals surface area contributed by atoms with Crippen molar-refractivity contribution in [3.05, 3.63) is 35.9 Å². The first-order chi connectivity index (χ1) is 12.8. The second-order valence-electron chi connectivity index (χ2n) is 7.38. The number of hydrogen-bond donors (Lipinski definition) is 0. The van der Waals surface area contributed by atoms with Gasteiger partial charge >= 0.3 is 0 Å². The lowest BCUT2D eigenvalue weighted by Crippen LogP contribution is -1.98. The van der Waals surface area contributed by atoms with Crippen LogP contribution in [0.3, 0.4) is 0 Å². The molecule has 0 atom stereocenters. The molecule has 0 radical (unpaired) electrons. The molecule has 0 N–H and O–H groups in total. The maximum Gasteiger partial charge on any atom is 0.0466 e. The van der Waals surface area contributed by atoms with E-state index in [4.69, 9.17) is 4.74 Å². The average molecular weight is 363 g/mol. The fourth-order valence-electron chi connectivity index (χ4n) is 2.94. The van der Waals surface area contributed by atoms with Gasteiger partial charge in [-0.05, 0) is 31.2 Å². The van der Waals surface area contributed by atoms with Gasteiger partial charge in [0.2, 0.25) is 0 Å². The smallest absolute Gasteiger partial charge is 0.0466 e. The highest BCUT2D eigenvalue weighted by atomic mass is 16.5. The van der Waals surface area contributed by atoms with E-state index in [1.165, 1.54) is 95.5 Å². The Balaban J connectivity index is 0.000000660. The van der Waals surface area contributed by atoms with Crippen molar-refractivity contribution in [2.45, 2.75) is 111 Å². The number of ether oxygens (including phenoxy) is 1. The van der Waals surface area contributed by atoms with Crippen LogP contribution in [0.1, 0.15) is 110 Å². The topological polar surface area (TPSA) is 9.23 Å². The molecular formula is C25H46O. The summed E-state index contributed by atoms with van der Waals surface area (Å²) in [6, 6.07) is 10.7. The van der Waals surface area contributed by atoms with Gasteiger partial charge in [-0.2, -0.15) is 0 Å². The fourth-order valence-corrected chi connectivity index (χ4v) is 2.94. The Kier molecular flexibility index (Phi) is 21.5. The van der Waals surface area contributed by atoms with Gasteiger partial charge in [0.1, 0.15) is 0 Å². The van der Waals surface area contributed by atoms with E-state index in [9.17, 15) is 0 Å². The highest BCUT2D eigenvalue weighted by molar-refractivity contribution is 5.14. The zero-order valence-electron chi connectivity index (χ0n) is 18.1. The molecule has 1 nitrogen and oxygen atoms in total. The molecule has 0 heterocycles. The summed E-state index contributed by atoms with van der Waals surface area (Å²) in [6.07, 6.45) is 18.7. The van der Waals surface area contributed by atoms with Crippen molar-refractivity contribution in [2.75, 3.05) is 13.2 Å². The van der Waals surface area contributed by atoms with Gasteiger partial charge in [0, 0.05) is 13.2 Å². The van der Waals surface area contributed by atoms with E-state index in [-0.39, 0.29) is 0 Å². The van der Waals surface area contributed by atoms with Gasteiger partial charge in [0.25, 0.3) is 0 Å². The zero-order chi connectivity index (χ0) is 19.1. The third-order valence-electron chi connectivity index (χ3n) is 4.70. The van der Waals surface area contributed by atoms with Crippen molar-refractivity contribution in [2.24, 2.45) is 0 Å². The molecule has 26 heavy (non-hydrogen) atoms. The summed E-state index contributed by atoms with van der Waals surface area (Å²) in [6.45, 7) is 8.65. The van der Waals surface area contributed by atoms with Crippen molar-refractivity contribution in [1.82, 2.24) is 0 Å². The molecule has 0 aliphatic heterocycles. The third-order valence-corrected chi connectivity index (χ3v) is 4.70. The molecule has 0 unspecified atom stereocenters. The Labute approximate surface area is 164 Å². The average Bonchev–Trinajstić information content (AvgIpc) is 2.68. The van der Waals surface area contributed by atoms with Crippen molar-refractivity contribution in [3.63, 3.8) is 0 Å². The predicted octanol–water partition coefficient (Wildman–Crippen LogP) is 8.36. The monoisotopic (exact) mass is 362 g/mol. The fraction of sp³-hybridized carbons (Fsp3) is 0.760. The van der Waals surface area contributed by atoms with Crippen molar-refractivity contribution in [3.8, 4) is 0 Å². The summed E-state index contributed by atoms with van der Waals surface area (Å²) in [5, 5.41) is 0. The van der Waals surface area contributed by atoms with Crippen LogP contribution in [0.15, 0.2) is 30.3 Å². The number of rotatable bonds is 16. The lowest BCUT2D eigenvalue weighted by Gasteiger charge is -2.04. The molecular weight excluding hydrogens is 316 g/mol. The summed E-state index contributed by atoms with van der Waals surface area (Å²) in [7, 11) is 0. The maximum absolute atomic E-state index is 5.65. The Morgan fingerprint density at radius 3 is 1.50 bits per heavy atom. The standard InChI is InChI=1S/C17H28O.C8H18/c1-2-3-4-5-10-15-18-16-11-9-14-17-12-7-6-8-13-17;1-3-5-7-8-6-4-2/h6-8,12-13H,2-5,9-11,14-16H2,1H3;3-8H2,1-2H3. The van der Waals surface area contributed by atoms with Gasteiger partial charge in [-0.1, -0.05) is 115 Å². The lowest BCUT2D eigenvalue weighted by atomic mass is 10.1. The maximum atomic E-state index is 5.65. The second-order valence-corrected chi connectivity index (χ2v) is 7.38. The van der Waals surface area contributed by atoms with Crippen LogP contribution in [-0.4, -0.2) is 13.2 Å². The van der Waals surface area contributed by atoms with Gasteiger partial charge < -0.3 is 4.74 Å². The summed E-state index contributed by atoms with van der Waals surface area (Å²) in [5.74, 6) is 0. The quantitative estimate of drug-likeness (QED) is 0.268. The van der Waals surface area contributed by atoms with Crippen LogP contribution >= 0.6 is 0 Å². The molecule has 1 heteroatoms. The summed E-state index contributed by atoms with van der Waals surface area (Å²) in [5.41, 5.74) is 1.44. The Bertz CT molecular complexity index is 340. The van der Waals surface area contributed by atoms with Gasteiger partial charge in [0.05, 0.1) is 0 Å². The molecule has 152 valence electrons. The van der Waals surface area contributed by atoms with Crippen LogP contribution < -0.4 is 0 Å². The van der Waals surface area contributed by atoms with Crippen molar-refractivity contribution in [1.29, 1.82) is 0 Å². The SMILES string of the molecule is CCCCCCCC.CCCCCCCOCCCCc1ccccc1. The van der Waals surface area contributed by atoms with Gasteiger partial charge in [-0.25, -0.2) is 0 Å². The van der Waals surface area contributed by atoms with E-state index in [1.807, 2.05) is 0 Å². The lowest BCUT2D eigenvalue weighted by molar-refractivity contribution is 0.126. The van der Waals surface area contributed by atoms with E-state index < -0.39 is 0 Å². The van der Waals surface area contributed by atoms with Crippen LogP contribution in [0.2, 0.25) is 0 Å². The molecule has 1 aromatic rings. The van der Waals surface area contributed by atoms with Crippen LogP contribution in [0.5, 0.6) is 0 Å². The van der Waals surface area contributed by atoms with Crippen LogP contribution in [0.4, 0.5) is 0 Å². The molecule has 0 saturated carbocycles. The van der Waals surface area contributed by atoms with E-state index in [1.54, 1.807) is 0 Å². The summed E-state index contributed by atoms with van der Waals surface area (Å²) < 4.78 is 5.65. The van der Waals surface area contributed by atoms with E-state index in [0.717, 1.165) is 13.2 Å². The molecule has 0 amide bonds. The number of aryl methyl sites for hydroxylation is 1. The van der Waals surface area contributed by atoms with E-state index in [2.05, 4.69) is 51.1 Å².